The predicted molar refractivity (Wildman–Crippen MR) is 64.4 cm³/mol. The van der Waals surface area contributed by atoms with Gasteiger partial charge in [-0.05, 0) is 25.3 Å². The van der Waals surface area contributed by atoms with Crippen molar-refractivity contribution in [1.82, 2.24) is 4.90 Å². The lowest BCUT2D eigenvalue weighted by Gasteiger charge is -2.29. The van der Waals surface area contributed by atoms with Crippen LogP contribution in [0.5, 0.6) is 0 Å². The largest absolute Gasteiger partial charge is 0.375 e. The number of halogens is 2. The van der Waals surface area contributed by atoms with Crippen molar-refractivity contribution in [3.05, 3.63) is 0 Å². The van der Waals surface area contributed by atoms with E-state index in [9.17, 15) is 13.6 Å². The van der Waals surface area contributed by atoms with Crippen molar-refractivity contribution < 1.29 is 18.3 Å². The molecule has 1 aliphatic rings. The molecule has 0 aromatic heterocycles. The van der Waals surface area contributed by atoms with Crippen LogP contribution >= 0.6 is 0 Å². The topological polar surface area (TPSA) is 55.6 Å². The van der Waals surface area contributed by atoms with Crippen molar-refractivity contribution in [3.63, 3.8) is 0 Å². The van der Waals surface area contributed by atoms with E-state index < -0.39 is 13.0 Å². The van der Waals surface area contributed by atoms with Gasteiger partial charge in [-0.25, -0.2) is 8.78 Å². The Morgan fingerprint density at radius 3 is 2.83 bits per heavy atom. The molecule has 0 heterocycles. The first-order chi connectivity index (χ1) is 8.56. The number of ether oxygens (including phenoxy) is 1. The molecule has 106 valence electrons. The summed E-state index contributed by atoms with van der Waals surface area (Å²) in [5, 5.41) is 0. The predicted octanol–water partition coefficient (Wildman–Crippen LogP) is 1.24. The van der Waals surface area contributed by atoms with Crippen molar-refractivity contribution >= 4 is 5.91 Å². The molecular formula is C12H22F2N2O2. The molecule has 0 bridgehead atoms. The van der Waals surface area contributed by atoms with E-state index in [-0.39, 0.29) is 25.0 Å². The molecular weight excluding hydrogens is 242 g/mol. The zero-order valence-corrected chi connectivity index (χ0v) is 10.8. The Balaban J connectivity index is 2.28. The van der Waals surface area contributed by atoms with Gasteiger partial charge in [-0.15, -0.1) is 0 Å². The highest BCUT2D eigenvalue weighted by atomic mass is 19.3. The Bertz CT molecular complexity index is 264. The average Bonchev–Trinajstić information content (AvgIpc) is 2.81. The van der Waals surface area contributed by atoms with Crippen LogP contribution in [0.25, 0.3) is 0 Å². The molecule has 0 radical (unpaired) electrons. The van der Waals surface area contributed by atoms with E-state index in [0.29, 0.717) is 12.5 Å². The minimum absolute atomic E-state index is 0.0491. The van der Waals surface area contributed by atoms with Crippen molar-refractivity contribution in [3.8, 4) is 0 Å². The minimum Gasteiger partial charge on any atom is -0.375 e. The van der Waals surface area contributed by atoms with E-state index in [2.05, 4.69) is 0 Å². The second-order valence-corrected chi connectivity index (χ2v) is 4.71. The van der Waals surface area contributed by atoms with Crippen LogP contribution in [0.4, 0.5) is 8.78 Å². The molecule has 2 unspecified atom stereocenters. The average molecular weight is 264 g/mol. The van der Waals surface area contributed by atoms with Gasteiger partial charge in [0.25, 0.3) is 6.43 Å². The molecule has 0 aromatic rings. The van der Waals surface area contributed by atoms with Gasteiger partial charge in [-0.3, -0.25) is 4.79 Å². The van der Waals surface area contributed by atoms with E-state index >= 15 is 0 Å². The van der Waals surface area contributed by atoms with Crippen molar-refractivity contribution in [2.45, 2.75) is 38.2 Å². The smallest absolute Gasteiger partial charge is 0.261 e. The summed E-state index contributed by atoms with van der Waals surface area (Å²) < 4.78 is 28.4. The SMILES string of the molecule is CN(C(=O)CCOCC(F)F)C1CCCC1CN. The third kappa shape index (κ3) is 4.49. The molecule has 18 heavy (non-hydrogen) atoms. The van der Waals surface area contributed by atoms with E-state index in [4.69, 9.17) is 10.5 Å². The first kappa shape index (κ1) is 15.3. The second kappa shape index (κ2) is 7.63. The van der Waals surface area contributed by atoms with Crippen LogP contribution in [0.2, 0.25) is 0 Å². The number of rotatable bonds is 7. The zero-order valence-electron chi connectivity index (χ0n) is 10.8. The number of nitrogens with zero attached hydrogens (tertiary/aromatic N) is 1. The first-order valence-electron chi connectivity index (χ1n) is 6.38. The summed E-state index contributed by atoms with van der Waals surface area (Å²) in [6.45, 7) is 0.0313. The third-order valence-electron chi connectivity index (χ3n) is 3.52. The highest BCUT2D eigenvalue weighted by Crippen LogP contribution is 2.28. The van der Waals surface area contributed by atoms with E-state index in [1.165, 1.54) is 0 Å². The zero-order chi connectivity index (χ0) is 13.5. The Morgan fingerprint density at radius 1 is 1.50 bits per heavy atom. The standard InChI is InChI=1S/C12H22F2N2O2/c1-16(10-4-2-3-9(10)7-15)12(17)5-6-18-8-11(13)14/h9-11H,2-8,15H2,1H3. The number of hydrogen-bond donors (Lipinski definition) is 1. The minimum atomic E-state index is -2.48. The number of carbonyl (C=O) groups is 1. The molecule has 1 fully saturated rings. The molecule has 1 rings (SSSR count). The van der Waals surface area contributed by atoms with Gasteiger partial charge in [0.15, 0.2) is 0 Å². The van der Waals surface area contributed by atoms with E-state index in [0.717, 1.165) is 19.3 Å². The van der Waals surface area contributed by atoms with Crippen LogP contribution in [0.1, 0.15) is 25.7 Å². The fourth-order valence-electron chi connectivity index (χ4n) is 2.50. The van der Waals surface area contributed by atoms with Crippen LogP contribution in [0.3, 0.4) is 0 Å². The highest BCUT2D eigenvalue weighted by Gasteiger charge is 2.31. The Kier molecular flexibility index (Phi) is 6.49. The normalized spacial score (nSPS) is 23.6. The first-order valence-corrected chi connectivity index (χ1v) is 6.38. The van der Waals surface area contributed by atoms with Gasteiger partial charge in [0.05, 0.1) is 13.0 Å². The molecule has 4 nitrogen and oxygen atoms in total. The maximum Gasteiger partial charge on any atom is 0.261 e. The quantitative estimate of drug-likeness (QED) is 0.704. The van der Waals surface area contributed by atoms with E-state index in [1.54, 1.807) is 11.9 Å². The van der Waals surface area contributed by atoms with Crippen molar-refractivity contribution in [2.24, 2.45) is 11.7 Å². The fourth-order valence-corrected chi connectivity index (χ4v) is 2.50. The Hall–Kier alpha value is -0.750. The summed E-state index contributed by atoms with van der Waals surface area (Å²) in [5.74, 6) is 0.301. The summed E-state index contributed by atoms with van der Waals surface area (Å²) in [6.07, 6.45) is 0.792. The molecule has 0 aromatic carbocycles. The Morgan fingerprint density at radius 2 is 2.22 bits per heavy atom. The van der Waals surface area contributed by atoms with Crippen molar-refractivity contribution in [1.29, 1.82) is 0 Å². The molecule has 0 aliphatic heterocycles. The number of nitrogens with two attached hydrogens (primary N) is 1. The van der Waals surface area contributed by atoms with E-state index in [1.807, 2.05) is 0 Å². The molecule has 0 spiro atoms. The molecule has 2 atom stereocenters. The van der Waals surface area contributed by atoms with Crippen LogP contribution in [0.15, 0.2) is 0 Å². The summed E-state index contributed by atoms with van der Waals surface area (Å²) in [7, 11) is 1.76. The molecule has 1 saturated carbocycles. The van der Waals surface area contributed by atoms with Crippen LogP contribution in [-0.4, -0.2) is 50.1 Å². The van der Waals surface area contributed by atoms with Crippen LogP contribution < -0.4 is 5.73 Å². The number of amides is 1. The molecule has 1 aliphatic carbocycles. The second-order valence-electron chi connectivity index (χ2n) is 4.71. The lowest BCUT2D eigenvalue weighted by Crippen LogP contribution is -2.41. The lowest BCUT2D eigenvalue weighted by atomic mass is 10.0. The highest BCUT2D eigenvalue weighted by molar-refractivity contribution is 5.76. The fraction of sp³-hybridized carbons (Fsp3) is 0.917. The molecule has 6 heteroatoms. The number of carbonyl (C=O) groups excluding carboxylic acids is 1. The summed E-state index contributed by atoms with van der Waals surface area (Å²) in [6, 6.07) is 0.192. The number of alkyl halides is 2. The van der Waals surface area contributed by atoms with Crippen LogP contribution in [-0.2, 0) is 9.53 Å². The van der Waals surface area contributed by atoms with Crippen molar-refractivity contribution in [2.75, 3.05) is 26.8 Å². The van der Waals surface area contributed by atoms with Gasteiger partial charge in [0.1, 0.15) is 6.61 Å². The number of hydrogen-bond acceptors (Lipinski definition) is 3. The molecule has 2 N–H and O–H groups in total. The van der Waals surface area contributed by atoms with Gasteiger partial charge in [0.2, 0.25) is 5.91 Å². The van der Waals surface area contributed by atoms with Gasteiger partial charge >= 0.3 is 0 Å². The van der Waals surface area contributed by atoms with Gasteiger partial charge in [0, 0.05) is 13.1 Å². The summed E-state index contributed by atoms with van der Waals surface area (Å²) >= 11 is 0. The lowest BCUT2D eigenvalue weighted by molar-refractivity contribution is -0.134. The summed E-state index contributed by atoms with van der Waals surface area (Å²) in [5.41, 5.74) is 5.67. The maximum absolute atomic E-state index is 11.9. The Labute approximate surface area is 106 Å². The summed E-state index contributed by atoms with van der Waals surface area (Å²) in [4.78, 5) is 13.6. The molecule has 0 saturated heterocycles. The van der Waals surface area contributed by atoms with Gasteiger partial charge in [-0.1, -0.05) is 6.42 Å². The van der Waals surface area contributed by atoms with Gasteiger partial charge < -0.3 is 15.4 Å². The monoisotopic (exact) mass is 264 g/mol. The van der Waals surface area contributed by atoms with Crippen LogP contribution in [0, 0.1) is 5.92 Å². The van der Waals surface area contributed by atoms with Gasteiger partial charge in [-0.2, -0.15) is 0 Å². The molecule has 1 amide bonds. The maximum atomic E-state index is 11.9. The third-order valence-corrected chi connectivity index (χ3v) is 3.52.